The quantitative estimate of drug-likeness (QED) is 0.280. The van der Waals surface area contributed by atoms with Crippen molar-refractivity contribution in [3.63, 3.8) is 0 Å². The molecule has 9 nitrogen and oxygen atoms in total. The summed E-state index contributed by atoms with van der Waals surface area (Å²) in [4.78, 5) is 39.2. The average Bonchev–Trinajstić information content (AvgIpc) is 3.00. The van der Waals surface area contributed by atoms with Crippen LogP contribution in [0.5, 0.6) is 11.5 Å². The Hall–Kier alpha value is -5.31. The van der Waals surface area contributed by atoms with Crippen molar-refractivity contribution in [1.29, 1.82) is 0 Å². The Labute approximate surface area is 242 Å². The molecule has 1 aromatic heterocycles. The van der Waals surface area contributed by atoms with Gasteiger partial charge in [-0.1, -0.05) is 66.7 Å². The van der Waals surface area contributed by atoms with Crippen molar-refractivity contribution < 1.29 is 14.3 Å². The maximum absolute atomic E-state index is 13.2. The van der Waals surface area contributed by atoms with Crippen molar-refractivity contribution in [3.8, 4) is 17.2 Å². The molecule has 42 heavy (non-hydrogen) atoms. The van der Waals surface area contributed by atoms with Gasteiger partial charge in [-0.2, -0.15) is 0 Å². The SMILES string of the molecule is Cc1cc(OCC(=O)Nc2c(N)n(-c3cccc4ccccc34)c(=O)n(C)c2=O)c(C)c(C)c1OCc1ccccc1. The van der Waals surface area contributed by atoms with Gasteiger partial charge >= 0.3 is 5.69 Å². The number of rotatable bonds is 8. The lowest BCUT2D eigenvalue weighted by molar-refractivity contribution is -0.118. The summed E-state index contributed by atoms with van der Waals surface area (Å²) in [7, 11) is 1.34. The first kappa shape index (κ1) is 28.2. The Bertz CT molecular complexity index is 1920. The number of nitrogens with one attached hydrogen (secondary N) is 1. The van der Waals surface area contributed by atoms with Crippen LogP contribution in [-0.2, 0) is 18.4 Å². The second-order valence-corrected chi connectivity index (χ2v) is 10.1. The van der Waals surface area contributed by atoms with E-state index in [2.05, 4.69) is 5.32 Å². The molecule has 0 spiro atoms. The molecule has 0 aliphatic heterocycles. The van der Waals surface area contributed by atoms with Crippen LogP contribution in [0.15, 0.2) is 88.5 Å². The third kappa shape index (κ3) is 5.36. The smallest absolute Gasteiger partial charge is 0.337 e. The van der Waals surface area contributed by atoms with Crippen LogP contribution in [0.3, 0.4) is 0 Å². The first-order chi connectivity index (χ1) is 20.2. The van der Waals surface area contributed by atoms with E-state index in [4.69, 9.17) is 15.2 Å². The van der Waals surface area contributed by atoms with Gasteiger partial charge < -0.3 is 20.5 Å². The molecule has 1 amide bonds. The van der Waals surface area contributed by atoms with Crippen LogP contribution in [0, 0.1) is 20.8 Å². The molecule has 0 aliphatic rings. The lowest BCUT2D eigenvalue weighted by Gasteiger charge is -2.19. The van der Waals surface area contributed by atoms with Crippen molar-refractivity contribution in [3.05, 3.63) is 122 Å². The zero-order valence-electron chi connectivity index (χ0n) is 23.9. The summed E-state index contributed by atoms with van der Waals surface area (Å²) in [6.07, 6.45) is 0. The van der Waals surface area contributed by atoms with Crippen LogP contribution < -0.4 is 31.8 Å². The predicted octanol–water partition coefficient (Wildman–Crippen LogP) is 4.79. The van der Waals surface area contributed by atoms with Crippen LogP contribution in [0.1, 0.15) is 22.3 Å². The van der Waals surface area contributed by atoms with Crippen LogP contribution in [0.25, 0.3) is 16.5 Å². The summed E-state index contributed by atoms with van der Waals surface area (Å²) in [6, 6.07) is 24.7. The maximum atomic E-state index is 13.2. The molecule has 5 rings (SSSR count). The van der Waals surface area contributed by atoms with Crippen molar-refractivity contribution in [1.82, 2.24) is 9.13 Å². The van der Waals surface area contributed by atoms with Crippen LogP contribution in [-0.4, -0.2) is 21.6 Å². The standard InChI is InChI=1S/C33H32N4O5/c1-20-17-27(21(2)22(3)30(20)42-18-23-11-6-5-7-12-23)41-19-28(38)35-29-31(34)37(33(40)36(4)32(29)39)26-16-10-14-24-13-8-9-15-25(24)26/h5-17H,18-19,34H2,1-4H3,(H,35,38). The van der Waals surface area contributed by atoms with E-state index < -0.39 is 17.2 Å². The lowest BCUT2D eigenvalue weighted by atomic mass is 10.0. The van der Waals surface area contributed by atoms with Gasteiger partial charge in [-0.05, 0) is 60.5 Å². The second-order valence-electron chi connectivity index (χ2n) is 10.1. The Morgan fingerprint density at radius 2 is 1.57 bits per heavy atom. The molecule has 0 bridgehead atoms. The zero-order valence-corrected chi connectivity index (χ0v) is 23.9. The molecule has 1 heterocycles. The number of nitrogens with two attached hydrogens (primary N) is 1. The minimum absolute atomic E-state index is 0.171. The number of amides is 1. The van der Waals surface area contributed by atoms with E-state index in [0.717, 1.165) is 43.3 Å². The van der Waals surface area contributed by atoms with Crippen LogP contribution >= 0.6 is 0 Å². The summed E-state index contributed by atoms with van der Waals surface area (Å²) in [5, 5.41) is 4.23. The van der Waals surface area contributed by atoms with Crippen LogP contribution in [0.4, 0.5) is 11.5 Å². The third-order valence-corrected chi connectivity index (χ3v) is 7.33. The van der Waals surface area contributed by atoms with Gasteiger partial charge in [-0.15, -0.1) is 0 Å². The van der Waals surface area contributed by atoms with E-state index >= 15 is 0 Å². The highest BCUT2D eigenvalue weighted by Gasteiger charge is 2.20. The number of hydrogen-bond acceptors (Lipinski definition) is 6. The van der Waals surface area contributed by atoms with E-state index in [1.54, 1.807) is 12.1 Å². The minimum Gasteiger partial charge on any atom is -0.488 e. The first-order valence-electron chi connectivity index (χ1n) is 13.5. The topological polar surface area (TPSA) is 118 Å². The Morgan fingerprint density at radius 1 is 0.881 bits per heavy atom. The number of nitrogen functional groups attached to an aromatic ring is 1. The highest BCUT2D eigenvalue weighted by molar-refractivity contribution is 5.95. The molecule has 214 valence electrons. The van der Waals surface area contributed by atoms with E-state index in [9.17, 15) is 14.4 Å². The zero-order chi connectivity index (χ0) is 30.0. The van der Waals surface area contributed by atoms with Crippen molar-refractivity contribution in [2.24, 2.45) is 7.05 Å². The highest BCUT2D eigenvalue weighted by atomic mass is 16.5. The van der Waals surface area contributed by atoms with E-state index in [1.165, 1.54) is 11.6 Å². The molecular formula is C33H32N4O5. The van der Waals surface area contributed by atoms with Crippen molar-refractivity contribution in [2.75, 3.05) is 17.7 Å². The number of hydrogen-bond donors (Lipinski definition) is 2. The molecule has 0 saturated carbocycles. The summed E-state index contributed by atoms with van der Waals surface area (Å²) < 4.78 is 14.1. The summed E-state index contributed by atoms with van der Waals surface area (Å²) >= 11 is 0. The van der Waals surface area contributed by atoms with Crippen LogP contribution in [0.2, 0.25) is 0 Å². The van der Waals surface area contributed by atoms with Gasteiger partial charge in [0.2, 0.25) is 0 Å². The molecule has 3 N–H and O–H groups in total. The van der Waals surface area contributed by atoms with Gasteiger partial charge in [-0.25, -0.2) is 9.36 Å². The first-order valence-corrected chi connectivity index (χ1v) is 13.5. The second kappa shape index (κ2) is 11.7. The lowest BCUT2D eigenvalue weighted by Crippen LogP contribution is -2.41. The highest BCUT2D eigenvalue weighted by Crippen LogP contribution is 2.34. The summed E-state index contributed by atoms with van der Waals surface area (Å²) in [6.45, 7) is 5.81. The van der Waals surface area contributed by atoms with Gasteiger partial charge in [0, 0.05) is 12.4 Å². The number of nitrogens with zero attached hydrogens (tertiary/aromatic N) is 2. The van der Waals surface area contributed by atoms with Gasteiger partial charge in [-0.3, -0.25) is 14.2 Å². The van der Waals surface area contributed by atoms with Crippen molar-refractivity contribution >= 4 is 28.2 Å². The van der Waals surface area contributed by atoms with E-state index in [0.29, 0.717) is 18.0 Å². The number of fused-ring (bicyclic) bond motifs is 1. The van der Waals surface area contributed by atoms with Gasteiger partial charge in [0.15, 0.2) is 6.61 Å². The molecule has 0 unspecified atom stereocenters. The molecular weight excluding hydrogens is 532 g/mol. The largest absolute Gasteiger partial charge is 0.488 e. The van der Waals surface area contributed by atoms with Gasteiger partial charge in [0.25, 0.3) is 11.5 Å². The minimum atomic E-state index is -0.717. The molecule has 0 atom stereocenters. The number of ether oxygens (including phenoxy) is 2. The molecule has 0 fully saturated rings. The summed E-state index contributed by atoms with van der Waals surface area (Å²) in [5.74, 6) is 0.519. The Balaban J connectivity index is 1.37. The van der Waals surface area contributed by atoms with Crippen molar-refractivity contribution in [2.45, 2.75) is 27.4 Å². The monoisotopic (exact) mass is 564 g/mol. The number of aryl methyl sites for hydroxylation is 1. The number of anilines is 2. The Kier molecular flexibility index (Phi) is 7.84. The number of benzene rings is 4. The number of aromatic nitrogens is 2. The predicted molar refractivity (Wildman–Crippen MR) is 165 cm³/mol. The fourth-order valence-electron chi connectivity index (χ4n) is 4.92. The fourth-order valence-corrected chi connectivity index (χ4v) is 4.92. The van der Waals surface area contributed by atoms with Gasteiger partial charge in [0.05, 0.1) is 5.69 Å². The van der Waals surface area contributed by atoms with E-state index in [-0.39, 0.29) is 18.1 Å². The molecule has 5 aromatic rings. The molecule has 9 heteroatoms. The normalized spacial score (nSPS) is 11.0. The van der Waals surface area contributed by atoms with Gasteiger partial charge in [0.1, 0.15) is 29.6 Å². The molecule has 4 aromatic carbocycles. The maximum Gasteiger partial charge on any atom is 0.337 e. The third-order valence-electron chi connectivity index (χ3n) is 7.33. The number of carbonyl (C=O) groups is 1. The molecule has 0 aliphatic carbocycles. The average molecular weight is 565 g/mol. The fraction of sp³-hybridized carbons (Fsp3) is 0.182. The molecule has 0 saturated heterocycles. The Morgan fingerprint density at radius 3 is 2.33 bits per heavy atom. The molecule has 0 radical (unpaired) electrons. The number of carbonyl (C=O) groups excluding carboxylic acids is 1. The van der Waals surface area contributed by atoms with E-state index in [1.807, 2.05) is 87.5 Å². The summed E-state index contributed by atoms with van der Waals surface area (Å²) in [5.41, 5.74) is 8.97.